The topological polar surface area (TPSA) is 43.1 Å². The third-order valence-corrected chi connectivity index (χ3v) is 4.58. The zero-order valence-corrected chi connectivity index (χ0v) is 15.8. The van der Waals surface area contributed by atoms with E-state index in [0.717, 1.165) is 16.8 Å². The van der Waals surface area contributed by atoms with Crippen molar-refractivity contribution in [3.05, 3.63) is 71.5 Å². The van der Waals surface area contributed by atoms with Gasteiger partial charge in [-0.15, -0.1) is 0 Å². The fraction of sp³-hybridized carbons (Fsp3) is 0.150. The highest BCUT2D eigenvalue weighted by molar-refractivity contribution is 6.43. The molecule has 26 heavy (non-hydrogen) atoms. The second-order valence-corrected chi connectivity index (χ2v) is 7.33. The Labute approximate surface area is 161 Å². The van der Waals surface area contributed by atoms with Crippen LogP contribution in [-0.4, -0.2) is 19.6 Å². The molecule has 2 heterocycles. The van der Waals surface area contributed by atoms with Gasteiger partial charge in [-0.25, -0.2) is 9.97 Å². The Morgan fingerprint density at radius 3 is 1.96 bits per heavy atom. The van der Waals surface area contributed by atoms with Gasteiger partial charge in [0.1, 0.15) is 0 Å². The van der Waals surface area contributed by atoms with Gasteiger partial charge in [0.2, 0.25) is 0 Å². The molecule has 0 radical (unpaired) electrons. The number of nitrogens with zero attached hydrogens (tertiary/aromatic N) is 4. The molecule has 0 saturated heterocycles. The first kappa shape index (κ1) is 17.0. The molecule has 0 aliphatic rings. The predicted octanol–water partition coefficient (Wildman–Crippen LogP) is 5.55. The van der Waals surface area contributed by atoms with Crippen LogP contribution in [0.3, 0.4) is 0 Å². The van der Waals surface area contributed by atoms with E-state index in [4.69, 9.17) is 28.3 Å². The van der Waals surface area contributed by atoms with Crippen LogP contribution in [0.5, 0.6) is 0 Å². The molecule has 0 saturated carbocycles. The van der Waals surface area contributed by atoms with Crippen molar-refractivity contribution in [2.24, 2.45) is 0 Å². The van der Waals surface area contributed by atoms with Crippen molar-refractivity contribution in [1.82, 2.24) is 19.6 Å². The second-order valence-electron chi connectivity index (χ2n) is 6.24. The predicted molar refractivity (Wildman–Crippen MR) is 106 cm³/mol. The Morgan fingerprint density at radius 2 is 1.38 bits per heavy atom. The van der Waals surface area contributed by atoms with Gasteiger partial charge < -0.3 is 0 Å². The molecule has 0 fully saturated rings. The molecular formula is C20H16Cl2N4. The van der Waals surface area contributed by atoms with E-state index < -0.39 is 4.84 Å². The summed E-state index contributed by atoms with van der Waals surface area (Å²) in [5, 5.41) is 4.72. The summed E-state index contributed by atoms with van der Waals surface area (Å²) in [5.74, 6) is 1.03. The molecule has 2 aromatic carbocycles. The summed E-state index contributed by atoms with van der Waals surface area (Å²) in [4.78, 5) is 8.21. The fourth-order valence-corrected chi connectivity index (χ4v) is 2.95. The summed E-state index contributed by atoms with van der Waals surface area (Å²) in [7, 11) is 0. The summed E-state index contributed by atoms with van der Waals surface area (Å²) < 4.78 is 1.74. The van der Waals surface area contributed by atoms with Crippen molar-refractivity contribution in [2.45, 2.75) is 18.7 Å². The van der Waals surface area contributed by atoms with Crippen LogP contribution in [0.4, 0.5) is 0 Å². The van der Waals surface area contributed by atoms with E-state index in [-0.39, 0.29) is 0 Å². The van der Waals surface area contributed by atoms with Crippen LogP contribution >= 0.6 is 23.2 Å². The summed E-state index contributed by atoms with van der Waals surface area (Å²) in [5.41, 5.74) is 5.81. The molecular weight excluding hydrogens is 367 g/mol. The first-order valence-corrected chi connectivity index (χ1v) is 9.08. The van der Waals surface area contributed by atoms with Gasteiger partial charge in [-0.3, -0.25) is 0 Å². The second kappa shape index (κ2) is 6.71. The molecule has 2 aromatic heterocycles. The number of hydrogen-bond acceptors (Lipinski definition) is 3. The first-order chi connectivity index (χ1) is 12.5. The van der Waals surface area contributed by atoms with E-state index in [1.165, 1.54) is 11.1 Å². The molecule has 0 N–H and O–H groups in total. The smallest absolute Gasteiger partial charge is 0.167 e. The lowest BCUT2D eigenvalue weighted by atomic mass is 10.1. The largest absolute Gasteiger partial charge is 0.211 e. The lowest BCUT2D eigenvalue weighted by molar-refractivity contribution is 0.873. The van der Waals surface area contributed by atoms with Crippen LogP contribution in [0.15, 0.2) is 54.6 Å². The number of fused-ring (bicyclic) bond motifs is 1. The van der Waals surface area contributed by atoms with Gasteiger partial charge in [-0.1, -0.05) is 82.9 Å². The molecule has 0 amide bonds. The average Bonchev–Trinajstić information content (AvgIpc) is 3.06. The molecule has 0 aliphatic heterocycles. The minimum Gasteiger partial charge on any atom is -0.211 e. The Balaban J connectivity index is 1.94. The van der Waals surface area contributed by atoms with E-state index in [2.05, 4.69) is 29.0 Å². The number of benzene rings is 2. The lowest BCUT2D eigenvalue weighted by Gasteiger charge is -2.07. The van der Waals surface area contributed by atoms with Crippen molar-refractivity contribution in [2.75, 3.05) is 0 Å². The van der Waals surface area contributed by atoms with Gasteiger partial charge in [-0.05, 0) is 13.8 Å². The van der Waals surface area contributed by atoms with Gasteiger partial charge in [0.15, 0.2) is 22.1 Å². The summed E-state index contributed by atoms with van der Waals surface area (Å²) in [6.45, 7) is 4.10. The molecule has 0 unspecified atom stereocenters. The molecule has 4 nitrogen and oxygen atoms in total. The van der Waals surface area contributed by atoms with Crippen molar-refractivity contribution in [3.63, 3.8) is 0 Å². The van der Waals surface area contributed by atoms with Crippen molar-refractivity contribution >= 4 is 28.8 Å². The SMILES string of the molecule is Cc1ccc(-c2cc3nc(C(Cl)Cl)nc(-c4ccc(C)cc4)n3n2)cc1. The third-order valence-electron chi connectivity index (χ3n) is 4.19. The Hall–Kier alpha value is -2.43. The van der Waals surface area contributed by atoms with Crippen LogP contribution in [0.1, 0.15) is 21.8 Å². The molecule has 0 bridgehead atoms. The number of rotatable bonds is 3. The molecule has 4 rings (SSSR count). The van der Waals surface area contributed by atoms with Crippen molar-refractivity contribution in [1.29, 1.82) is 0 Å². The van der Waals surface area contributed by atoms with Crippen LogP contribution < -0.4 is 0 Å². The number of alkyl halides is 2. The van der Waals surface area contributed by atoms with Crippen LogP contribution in [0.2, 0.25) is 0 Å². The Kier molecular flexibility index (Phi) is 4.39. The molecule has 6 heteroatoms. The van der Waals surface area contributed by atoms with E-state index in [0.29, 0.717) is 17.3 Å². The van der Waals surface area contributed by atoms with E-state index in [1.807, 2.05) is 49.4 Å². The van der Waals surface area contributed by atoms with Crippen molar-refractivity contribution < 1.29 is 0 Å². The quantitative estimate of drug-likeness (QED) is 0.436. The average molecular weight is 383 g/mol. The molecule has 0 spiro atoms. The van der Waals surface area contributed by atoms with Crippen molar-refractivity contribution in [3.8, 4) is 22.6 Å². The highest BCUT2D eigenvalue weighted by atomic mass is 35.5. The minimum atomic E-state index is -0.804. The van der Waals surface area contributed by atoms with Gasteiger partial charge in [0.05, 0.1) is 5.69 Å². The number of hydrogen-bond donors (Lipinski definition) is 0. The summed E-state index contributed by atoms with van der Waals surface area (Å²) >= 11 is 12.1. The van der Waals surface area contributed by atoms with E-state index in [9.17, 15) is 0 Å². The maximum Gasteiger partial charge on any atom is 0.167 e. The summed E-state index contributed by atoms with van der Waals surface area (Å²) in [6, 6.07) is 18.2. The maximum atomic E-state index is 6.04. The third kappa shape index (κ3) is 3.18. The molecule has 4 aromatic rings. The van der Waals surface area contributed by atoms with Crippen LogP contribution in [0, 0.1) is 13.8 Å². The minimum absolute atomic E-state index is 0.367. The number of halogens is 2. The molecule has 130 valence electrons. The molecule has 0 atom stereocenters. The maximum absolute atomic E-state index is 6.04. The van der Waals surface area contributed by atoms with Gasteiger partial charge >= 0.3 is 0 Å². The normalized spacial score (nSPS) is 11.4. The first-order valence-electron chi connectivity index (χ1n) is 8.21. The van der Waals surface area contributed by atoms with Crippen LogP contribution in [0.25, 0.3) is 28.3 Å². The zero-order valence-electron chi connectivity index (χ0n) is 14.3. The highest BCUT2D eigenvalue weighted by Crippen LogP contribution is 2.28. The van der Waals surface area contributed by atoms with Gasteiger partial charge in [0, 0.05) is 17.2 Å². The summed E-state index contributed by atoms with van der Waals surface area (Å²) in [6.07, 6.45) is 0. The van der Waals surface area contributed by atoms with Gasteiger partial charge in [-0.2, -0.15) is 9.61 Å². The zero-order chi connectivity index (χ0) is 18.3. The number of aryl methyl sites for hydroxylation is 2. The monoisotopic (exact) mass is 382 g/mol. The Morgan fingerprint density at radius 1 is 0.808 bits per heavy atom. The standard InChI is InChI=1S/C20H16Cl2N4/c1-12-3-7-14(8-4-12)16-11-17-23-19(18(21)22)24-20(26(17)25-16)15-9-5-13(2)6-10-15/h3-11,18H,1-2H3. The molecule has 0 aliphatic carbocycles. The number of aromatic nitrogens is 4. The van der Waals surface area contributed by atoms with E-state index in [1.54, 1.807) is 4.52 Å². The Bertz CT molecular complexity index is 1070. The van der Waals surface area contributed by atoms with Gasteiger partial charge in [0.25, 0.3) is 0 Å². The highest BCUT2D eigenvalue weighted by Gasteiger charge is 2.17. The lowest BCUT2D eigenvalue weighted by Crippen LogP contribution is -2.04. The van der Waals surface area contributed by atoms with Crippen LogP contribution in [-0.2, 0) is 0 Å². The fourth-order valence-electron chi connectivity index (χ4n) is 2.76. The van der Waals surface area contributed by atoms with E-state index >= 15 is 0 Å².